The Balaban J connectivity index is 2.38. The van der Waals surface area contributed by atoms with Crippen LogP contribution >= 0.6 is 11.6 Å². The maximum absolute atomic E-state index is 10.7. The number of nitrogens with one attached hydrogen (secondary N) is 1. The van der Waals surface area contributed by atoms with Crippen molar-refractivity contribution in [3.05, 3.63) is 57.7 Å². The van der Waals surface area contributed by atoms with E-state index in [0.717, 1.165) is 0 Å². The van der Waals surface area contributed by atoms with E-state index < -0.39 is 4.92 Å². The van der Waals surface area contributed by atoms with E-state index in [9.17, 15) is 10.1 Å². The molecular formula is C13H11ClN4O2. The Morgan fingerprint density at radius 3 is 2.75 bits per heavy atom. The van der Waals surface area contributed by atoms with Crippen LogP contribution < -0.4 is 11.1 Å². The second-order valence-corrected chi connectivity index (χ2v) is 4.32. The van der Waals surface area contributed by atoms with E-state index in [2.05, 4.69) is 16.9 Å². The molecule has 0 radical (unpaired) electrons. The zero-order valence-electron chi connectivity index (χ0n) is 10.3. The SMILES string of the molecule is C=Cc1c(Nc2ccc([N+](=O)[O-])cc2Cl)ccnc1N. The number of hydrogen-bond acceptors (Lipinski definition) is 5. The number of nitrogen functional groups attached to an aromatic ring is 1. The number of nitrogens with two attached hydrogens (primary N) is 1. The van der Waals surface area contributed by atoms with Crippen molar-refractivity contribution in [1.29, 1.82) is 0 Å². The van der Waals surface area contributed by atoms with Crippen molar-refractivity contribution in [1.82, 2.24) is 4.98 Å². The third-order valence-corrected chi connectivity index (χ3v) is 2.97. The van der Waals surface area contributed by atoms with E-state index in [1.165, 1.54) is 18.2 Å². The minimum atomic E-state index is -0.505. The Kier molecular flexibility index (Phi) is 3.86. The van der Waals surface area contributed by atoms with Crippen LogP contribution in [0.5, 0.6) is 0 Å². The lowest BCUT2D eigenvalue weighted by atomic mass is 10.2. The fourth-order valence-electron chi connectivity index (χ4n) is 1.68. The largest absolute Gasteiger partial charge is 0.383 e. The molecule has 102 valence electrons. The first-order chi connectivity index (χ1) is 9.52. The standard InChI is InChI=1S/C13H11ClN4O2/c1-2-9-11(5-6-16-13(9)15)17-12-4-3-8(18(19)20)7-10(12)14/h2-7H,1H2,(H3,15,16,17). The third kappa shape index (κ3) is 2.70. The Bertz CT molecular complexity index is 688. The van der Waals surface area contributed by atoms with Crippen LogP contribution in [0.4, 0.5) is 22.9 Å². The number of nitro groups is 1. The molecular weight excluding hydrogens is 280 g/mol. The summed E-state index contributed by atoms with van der Waals surface area (Å²) in [5, 5.41) is 13.9. The summed E-state index contributed by atoms with van der Waals surface area (Å²) in [4.78, 5) is 14.1. The Morgan fingerprint density at radius 2 is 2.15 bits per heavy atom. The number of nitro benzene ring substituents is 1. The fourth-order valence-corrected chi connectivity index (χ4v) is 1.90. The minimum Gasteiger partial charge on any atom is -0.383 e. The van der Waals surface area contributed by atoms with Crippen molar-refractivity contribution in [2.24, 2.45) is 0 Å². The number of aromatic nitrogens is 1. The van der Waals surface area contributed by atoms with Gasteiger partial charge in [-0.15, -0.1) is 0 Å². The van der Waals surface area contributed by atoms with E-state index in [1.807, 2.05) is 0 Å². The van der Waals surface area contributed by atoms with Gasteiger partial charge >= 0.3 is 0 Å². The van der Waals surface area contributed by atoms with E-state index in [0.29, 0.717) is 22.8 Å². The molecule has 0 aliphatic rings. The van der Waals surface area contributed by atoms with E-state index in [-0.39, 0.29) is 10.7 Å². The number of rotatable bonds is 4. The zero-order valence-corrected chi connectivity index (χ0v) is 11.1. The quantitative estimate of drug-likeness (QED) is 0.662. The maximum atomic E-state index is 10.7. The van der Waals surface area contributed by atoms with Crippen LogP contribution in [0.15, 0.2) is 37.0 Å². The number of nitrogens with zero attached hydrogens (tertiary/aromatic N) is 2. The molecule has 0 aliphatic heterocycles. The second kappa shape index (κ2) is 5.58. The lowest BCUT2D eigenvalue weighted by Gasteiger charge is -2.12. The first-order valence-electron chi connectivity index (χ1n) is 5.61. The van der Waals surface area contributed by atoms with Gasteiger partial charge in [-0.1, -0.05) is 24.3 Å². The maximum Gasteiger partial charge on any atom is 0.271 e. The van der Waals surface area contributed by atoms with E-state index in [1.54, 1.807) is 18.3 Å². The summed E-state index contributed by atoms with van der Waals surface area (Å²) < 4.78 is 0. The lowest BCUT2D eigenvalue weighted by Crippen LogP contribution is -2.00. The molecule has 1 heterocycles. The molecule has 2 rings (SSSR count). The van der Waals surface area contributed by atoms with Gasteiger partial charge in [0.05, 0.1) is 21.3 Å². The van der Waals surface area contributed by atoms with Crippen LogP contribution in [0, 0.1) is 10.1 Å². The highest BCUT2D eigenvalue weighted by Crippen LogP contribution is 2.31. The molecule has 0 aliphatic carbocycles. The van der Waals surface area contributed by atoms with Crippen molar-refractivity contribution in [3.8, 4) is 0 Å². The van der Waals surface area contributed by atoms with Gasteiger partial charge in [-0.3, -0.25) is 10.1 Å². The Morgan fingerprint density at radius 1 is 1.40 bits per heavy atom. The third-order valence-electron chi connectivity index (χ3n) is 2.66. The van der Waals surface area contributed by atoms with Gasteiger partial charge in [0.15, 0.2) is 0 Å². The zero-order chi connectivity index (χ0) is 14.7. The van der Waals surface area contributed by atoms with Crippen LogP contribution in [0.25, 0.3) is 6.08 Å². The fraction of sp³-hybridized carbons (Fsp3) is 0. The minimum absolute atomic E-state index is 0.0706. The summed E-state index contributed by atoms with van der Waals surface area (Å²) in [5.41, 5.74) is 7.52. The molecule has 0 atom stereocenters. The molecule has 6 nitrogen and oxygen atoms in total. The van der Waals surface area contributed by atoms with Crippen LogP contribution in [0.1, 0.15) is 5.56 Å². The molecule has 3 N–H and O–H groups in total. The summed E-state index contributed by atoms with van der Waals surface area (Å²) in [6.07, 6.45) is 3.12. The number of pyridine rings is 1. The number of benzene rings is 1. The first-order valence-corrected chi connectivity index (χ1v) is 5.98. The molecule has 1 aromatic heterocycles. The topological polar surface area (TPSA) is 94.1 Å². The van der Waals surface area contributed by atoms with Crippen molar-refractivity contribution in [2.75, 3.05) is 11.1 Å². The number of hydrogen-bond donors (Lipinski definition) is 2. The first kappa shape index (κ1) is 13.8. The van der Waals surface area contributed by atoms with Crippen LogP contribution in [0.2, 0.25) is 5.02 Å². The van der Waals surface area contributed by atoms with Gasteiger partial charge in [0.1, 0.15) is 5.82 Å². The summed E-state index contributed by atoms with van der Waals surface area (Å²) in [6.45, 7) is 3.67. The van der Waals surface area contributed by atoms with E-state index >= 15 is 0 Å². The van der Waals surface area contributed by atoms with Gasteiger partial charge < -0.3 is 11.1 Å². The smallest absolute Gasteiger partial charge is 0.271 e. The summed E-state index contributed by atoms with van der Waals surface area (Å²) in [7, 11) is 0. The van der Waals surface area contributed by atoms with E-state index in [4.69, 9.17) is 17.3 Å². The molecule has 0 amide bonds. The van der Waals surface area contributed by atoms with Crippen molar-refractivity contribution in [2.45, 2.75) is 0 Å². The highest BCUT2D eigenvalue weighted by molar-refractivity contribution is 6.33. The van der Waals surface area contributed by atoms with Gasteiger partial charge in [0.25, 0.3) is 5.69 Å². The van der Waals surface area contributed by atoms with Gasteiger partial charge in [-0.05, 0) is 12.1 Å². The molecule has 0 fully saturated rings. The monoisotopic (exact) mass is 290 g/mol. The lowest BCUT2D eigenvalue weighted by molar-refractivity contribution is -0.384. The highest BCUT2D eigenvalue weighted by Gasteiger charge is 2.11. The molecule has 2 aromatic rings. The normalized spacial score (nSPS) is 10.1. The van der Waals surface area contributed by atoms with Crippen LogP contribution in [0.3, 0.4) is 0 Å². The molecule has 0 saturated carbocycles. The van der Waals surface area contributed by atoms with Crippen LogP contribution in [-0.4, -0.2) is 9.91 Å². The van der Waals surface area contributed by atoms with Gasteiger partial charge in [0, 0.05) is 23.9 Å². The molecule has 0 spiro atoms. The summed E-state index contributed by atoms with van der Waals surface area (Å²) in [5.74, 6) is 0.336. The van der Waals surface area contributed by atoms with Crippen molar-refractivity contribution >= 4 is 40.6 Å². The number of anilines is 3. The Hall–Kier alpha value is -2.60. The van der Waals surface area contributed by atoms with Crippen molar-refractivity contribution in [3.63, 3.8) is 0 Å². The number of non-ortho nitro benzene ring substituents is 1. The van der Waals surface area contributed by atoms with Crippen LogP contribution in [-0.2, 0) is 0 Å². The van der Waals surface area contributed by atoms with Gasteiger partial charge in [-0.25, -0.2) is 4.98 Å². The number of halogens is 1. The predicted octanol–water partition coefficient (Wildman–Crippen LogP) is 3.61. The molecule has 0 unspecified atom stereocenters. The average molecular weight is 291 g/mol. The molecule has 0 bridgehead atoms. The molecule has 1 aromatic carbocycles. The van der Waals surface area contributed by atoms with Gasteiger partial charge in [-0.2, -0.15) is 0 Å². The molecule has 7 heteroatoms. The molecule has 0 saturated heterocycles. The summed E-state index contributed by atoms with van der Waals surface area (Å²) in [6, 6.07) is 5.89. The average Bonchev–Trinajstić information content (AvgIpc) is 2.41. The summed E-state index contributed by atoms with van der Waals surface area (Å²) >= 11 is 6.02. The Labute approximate surface area is 120 Å². The van der Waals surface area contributed by atoms with Gasteiger partial charge in [0.2, 0.25) is 0 Å². The van der Waals surface area contributed by atoms with Crippen molar-refractivity contribution < 1.29 is 4.92 Å². The highest BCUT2D eigenvalue weighted by atomic mass is 35.5. The molecule has 20 heavy (non-hydrogen) atoms. The second-order valence-electron chi connectivity index (χ2n) is 3.91. The predicted molar refractivity (Wildman–Crippen MR) is 80.1 cm³/mol.